The van der Waals surface area contributed by atoms with Gasteiger partial charge in [0.2, 0.25) is 0 Å². The van der Waals surface area contributed by atoms with E-state index in [1.54, 1.807) is 18.6 Å². The second-order valence-electron chi connectivity index (χ2n) is 3.84. The van der Waals surface area contributed by atoms with Gasteiger partial charge in [0.25, 0.3) is 0 Å². The van der Waals surface area contributed by atoms with Crippen LogP contribution in [0.1, 0.15) is 10.4 Å². The van der Waals surface area contributed by atoms with E-state index < -0.39 is 5.97 Å². The lowest BCUT2D eigenvalue weighted by Crippen LogP contribution is -2.04. The first-order chi connectivity index (χ1) is 9.22. The van der Waals surface area contributed by atoms with E-state index in [0.717, 1.165) is 16.2 Å². The van der Waals surface area contributed by atoms with E-state index in [-0.39, 0.29) is 0 Å². The summed E-state index contributed by atoms with van der Waals surface area (Å²) in [4.78, 5) is 11.8. The first kappa shape index (κ1) is 13.6. The summed E-state index contributed by atoms with van der Waals surface area (Å²) < 4.78 is 10.6. The van der Waals surface area contributed by atoms with Gasteiger partial charge >= 0.3 is 5.97 Å². The lowest BCUT2D eigenvalue weighted by molar-refractivity contribution is 0.0697. The van der Waals surface area contributed by atoms with E-state index in [2.05, 4.69) is 0 Å². The number of aromatic carboxylic acids is 1. The predicted molar refractivity (Wildman–Crippen MR) is 74.1 cm³/mol. The van der Waals surface area contributed by atoms with Crippen molar-refractivity contribution >= 4 is 17.3 Å². The highest BCUT2D eigenvalue weighted by Gasteiger charge is 2.11. The number of para-hydroxylation sites is 1. The molecule has 0 aliphatic carbocycles. The zero-order valence-electron chi connectivity index (χ0n) is 10.5. The molecule has 1 heterocycles. The number of carboxylic acids is 1. The van der Waals surface area contributed by atoms with Crippen molar-refractivity contribution in [1.82, 2.24) is 0 Å². The van der Waals surface area contributed by atoms with Gasteiger partial charge in [-0.25, -0.2) is 4.79 Å². The number of benzene rings is 1. The number of methoxy groups -OCH3 is 1. The van der Waals surface area contributed by atoms with Crippen LogP contribution in [0.25, 0.3) is 10.4 Å². The van der Waals surface area contributed by atoms with Gasteiger partial charge in [0, 0.05) is 22.9 Å². The monoisotopic (exact) mass is 278 g/mol. The SMILES string of the molecule is COCCOc1ccccc1-c1cc(C(=O)O)cs1. The third-order valence-corrected chi connectivity index (χ3v) is 3.51. The van der Waals surface area contributed by atoms with Crippen LogP contribution in [0.3, 0.4) is 0 Å². The second kappa shape index (κ2) is 6.36. The molecule has 0 radical (unpaired) electrons. The molecule has 19 heavy (non-hydrogen) atoms. The molecule has 1 aromatic heterocycles. The molecule has 0 atom stereocenters. The maximum Gasteiger partial charge on any atom is 0.336 e. The van der Waals surface area contributed by atoms with E-state index in [9.17, 15) is 4.79 Å². The summed E-state index contributed by atoms with van der Waals surface area (Å²) in [7, 11) is 1.62. The number of hydrogen-bond donors (Lipinski definition) is 1. The van der Waals surface area contributed by atoms with Gasteiger partial charge in [-0.15, -0.1) is 11.3 Å². The Labute approximate surface area is 115 Å². The Hall–Kier alpha value is -1.85. The van der Waals surface area contributed by atoms with E-state index in [1.807, 2.05) is 24.3 Å². The van der Waals surface area contributed by atoms with Crippen LogP contribution in [0.2, 0.25) is 0 Å². The minimum atomic E-state index is -0.916. The minimum Gasteiger partial charge on any atom is -0.491 e. The number of thiophene rings is 1. The van der Waals surface area contributed by atoms with Crippen LogP contribution in [0, 0.1) is 0 Å². The molecule has 1 N–H and O–H groups in total. The Morgan fingerprint density at radius 2 is 2.11 bits per heavy atom. The number of hydrogen-bond acceptors (Lipinski definition) is 4. The second-order valence-corrected chi connectivity index (χ2v) is 4.75. The van der Waals surface area contributed by atoms with E-state index in [1.165, 1.54) is 11.3 Å². The molecular weight excluding hydrogens is 264 g/mol. The van der Waals surface area contributed by atoms with Crippen LogP contribution in [0.15, 0.2) is 35.7 Å². The predicted octanol–water partition coefficient (Wildman–Crippen LogP) is 3.14. The third kappa shape index (κ3) is 3.33. The first-order valence-electron chi connectivity index (χ1n) is 5.75. The van der Waals surface area contributed by atoms with Gasteiger partial charge in [0.05, 0.1) is 12.2 Å². The summed E-state index contributed by atoms with van der Waals surface area (Å²) in [6, 6.07) is 9.23. The van der Waals surface area contributed by atoms with Crippen molar-refractivity contribution in [3.63, 3.8) is 0 Å². The van der Waals surface area contributed by atoms with Crippen molar-refractivity contribution in [2.75, 3.05) is 20.3 Å². The van der Waals surface area contributed by atoms with Gasteiger partial charge in [-0.05, 0) is 18.2 Å². The number of carboxylic acid groups (broad SMARTS) is 1. The molecule has 2 aromatic rings. The van der Waals surface area contributed by atoms with Crippen molar-refractivity contribution in [2.24, 2.45) is 0 Å². The third-order valence-electron chi connectivity index (χ3n) is 2.54. The van der Waals surface area contributed by atoms with Gasteiger partial charge in [0.1, 0.15) is 12.4 Å². The maximum absolute atomic E-state index is 10.9. The molecule has 0 aliphatic heterocycles. The molecule has 0 unspecified atom stereocenters. The highest BCUT2D eigenvalue weighted by molar-refractivity contribution is 7.13. The summed E-state index contributed by atoms with van der Waals surface area (Å²) in [5, 5.41) is 10.6. The van der Waals surface area contributed by atoms with Gasteiger partial charge in [-0.1, -0.05) is 12.1 Å². The lowest BCUT2D eigenvalue weighted by Gasteiger charge is -2.09. The summed E-state index contributed by atoms with van der Waals surface area (Å²) in [5.41, 5.74) is 1.20. The van der Waals surface area contributed by atoms with Gasteiger partial charge < -0.3 is 14.6 Å². The van der Waals surface area contributed by atoms with Crippen molar-refractivity contribution < 1.29 is 19.4 Å². The van der Waals surface area contributed by atoms with Crippen LogP contribution in [0.5, 0.6) is 5.75 Å². The Morgan fingerprint density at radius 1 is 1.32 bits per heavy atom. The average Bonchev–Trinajstić information content (AvgIpc) is 2.89. The van der Waals surface area contributed by atoms with Gasteiger partial charge in [-0.2, -0.15) is 0 Å². The van der Waals surface area contributed by atoms with Gasteiger partial charge in [-0.3, -0.25) is 0 Å². The first-order valence-corrected chi connectivity index (χ1v) is 6.63. The lowest BCUT2D eigenvalue weighted by atomic mass is 10.1. The topological polar surface area (TPSA) is 55.8 Å². The Morgan fingerprint density at radius 3 is 2.79 bits per heavy atom. The molecular formula is C14H14O4S. The fraction of sp³-hybridized carbons (Fsp3) is 0.214. The van der Waals surface area contributed by atoms with Crippen LogP contribution in [0.4, 0.5) is 0 Å². The molecule has 100 valence electrons. The number of carbonyl (C=O) groups is 1. The molecule has 2 rings (SSSR count). The quantitative estimate of drug-likeness (QED) is 0.825. The Kier molecular flexibility index (Phi) is 4.54. The highest BCUT2D eigenvalue weighted by atomic mass is 32.1. The molecule has 0 spiro atoms. The van der Waals surface area contributed by atoms with Crippen LogP contribution in [-0.4, -0.2) is 31.4 Å². The molecule has 5 heteroatoms. The van der Waals surface area contributed by atoms with E-state index in [0.29, 0.717) is 18.8 Å². The fourth-order valence-electron chi connectivity index (χ4n) is 1.62. The zero-order valence-corrected chi connectivity index (χ0v) is 11.3. The van der Waals surface area contributed by atoms with Crippen LogP contribution >= 0.6 is 11.3 Å². The Balaban J connectivity index is 2.25. The molecule has 0 fully saturated rings. The molecule has 0 bridgehead atoms. The van der Waals surface area contributed by atoms with E-state index >= 15 is 0 Å². The maximum atomic E-state index is 10.9. The van der Waals surface area contributed by atoms with Crippen molar-refractivity contribution in [1.29, 1.82) is 0 Å². The largest absolute Gasteiger partial charge is 0.491 e. The molecule has 0 amide bonds. The summed E-state index contributed by atoms with van der Waals surface area (Å²) >= 11 is 1.39. The van der Waals surface area contributed by atoms with Gasteiger partial charge in [0.15, 0.2) is 0 Å². The summed E-state index contributed by atoms with van der Waals surface area (Å²) in [6.07, 6.45) is 0. The highest BCUT2D eigenvalue weighted by Crippen LogP contribution is 2.34. The molecule has 0 saturated carbocycles. The van der Waals surface area contributed by atoms with E-state index in [4.69, 9.17) is 14.6 Å². The molecule has 1 aromatic carbocycles. The smallest absolute Gasteiger partial charge is 0.336 e. The zero-order chi connectivity index (χ0) is 13.7. The van der Waals surface area contributed by atoms with Crippen LogP contribution in [-0.2, 0) is 4.74 Å². The normalized spacial score (nSPS) is 10.4. The number of ether oxygens (including phenoxy) is 2. The number of rotatable bonds is 6. The standard InChI is InChI=1S/C14H14O4S/c1-17-6-7-18-12-5-3-2-4-11(12)13-8-10(9-19-13)14(15)16/h2-5,8-9H,6-7H2,1H3,(H,15,16). The minimum absolute atomic E-state index is 0.298. The average molecular weight is 278 g/mol. The van der Waals surface area contributed by atoms with Crippen molar-refractivity contribution in [3.05, 3.63) is 41.3 Å². The molecule has 0 saturated heterocycles. The van der Waals surface area contributed by atoms with Crippen LogP contribution < -0.4 is 4.74 Å². The van der Waals surface area contributed by atoms with Crippen molar-refractivity contribution in [3.8, 4) is 16.2 Å². The Bertz CT molecular complexity index is 562. The van der Waals surface area contributed by atoms with Crippen molar-refractivity contribution in [2.45, 2.75) is 0 Å². The molecule has 0 aliphatic rings. The summed E-state index contributed by atoms with van der Waals surface area (Å²) in [6.45, 7) is 0.976. The summed E-state index contributed by atoms with van der Waals surface area (Å²) in [5.74, 6) is -0.182. The molecule has 4 nitrogen and oxygen atoms in total. The fourth-order valence-corrected chi connectivity index (χ4v) is 2.53.